The van der Waals surface area contributed by atoms with Crippen LogP contribution < -0.4 is 20.9 Å². The molecule has 1 atom stereocenters. The van der Waals surface area contributed by atoms with Gasteiger partial charge in [0.1, 0.15) is 17.2 Å². The zero-order valence-corrected chi connectivity index (χ0v) is 20.3. The van der Waals surface area contributed by atoms with E-state index in [1.54, 1.807) is 7.05 Å². The maximum atomic E-state index is 14.0. The van der Waals surface area contributed by atoms with E-state index in [4.69, 9.17) is 4.74 Å². The SMILES string of the molecule is CN=C(NCCCNC(=O)OC(C)(C)C)NC1CCN(c2ccc(F)cc2F)C1.I. The Balaban J connectivity index is 0.00000450. The molecule has 0 saturated carbocycles. The first-order valence-corrected chi connectivity index (χ1v) is 9.82. The van der Waals surface area contributed by atoms with Gasteiger partial charge >= 0.3 is 6.09 Å². The van der Waals surface area contributed by atoms with Gasteiger partial charge in [-0.25, -0.2) is 13.6 Å². The van der Waals surface area contributed by atoms with Gasteiger partial charge in [-0.05, 0) is 45.7 Å². The number of rotatable bonds is 6. The summed E-state index contributed by atoms with van der Waals surface area (Å²) in [4.78, 5) is 17.7. The molecule has 1 aliphatic rings. The van der Waals surface area contributed by atoms with Gasteiger partial charge in [0.05, 0.1) is 5.69 Å². The zero-order chi connectivity index (χ0) is 21.4. The monoisotopic (exact) mass is 539 g/mol. The number of hydrogen-bond acceptors (Lipinski definition) is 4. The molecule has 1 heterocycles. The standard InChI is InChI=1S/C20H31F2N5O2.HI/c1-20(2,3)29-19(28)25-10-5-9-24-18(23-4)26-15-8-11-27(13-15)17-7-6-14(21)12-16(17)22;/h6-7,12,15H,5,8-11,13H2,1-4H3,(H,25,28)(H2,23,24,26);1H. The smallest absolute Gasteiger partial charge is 0.407 e. The number of guanidine groups is 1. The van der Waals surface area contributed by atoms with Gasteiger partial charge in [0, 0.05) is 45.3 Å². The maximum absolute atomic E-state index is 14.0. The van der Waals surface area contributed by atoms with Crippen LogP contribution in [0.3, 0.4) is 0 Å². The lowest BCUT2D eigenvalue weighted by Gasteiger charge is -2.21. The largest absolute Gasteiger partial charge is 0.444 e. The van der Waals surface area contributed by atoms with Crippen molar-refractivity contribution in [1.29, 1.82) is 0 Å². The summed E-state index contributed by atoms with van der Waals surface area (Å²) in [6, 6.07) is 3.75. The van der Waals surface area contributed by atoms with E-state index in [2.05, 4.69) is 20.9 Å². The van der Waals surface area contributed by atoms with Gasteiger partial charge in [-0.1, -0.05) is 0 Å². The highest BCUT2D eigenvalue weighted by atomic mass is 127. The van der Waals surface area contributed by atoms with Crippen molar-refractivity contribution in [2.24, 2.45) is 4.99 Å². The summed E-state index contributed by atoms with van der Waals surface area (Å²) < 4.78 is 32.2. The van der Waals surface area contributed by atoms with Crippen molar-refractivity contribution in [2.75, 3.05) is 38.1 Å². The van der Waals surface area contributed by atoms with Crippen LogP contribution >= 0.6 is 24.0 Å². The minimum absolute atomic E-state index is 0. The number of nitrogens with zero attached hydrogens (tertiary/aromatic N) is 2. The summed E-state index contributed by atoms with van der Waals surface area (Å²) in [5, 5.41) is 9.22. The third-order valence-corrected chi connectivity index (χ3v) is 4.32. The highest BCUT2D eigenvalue weighted by molar-refractivity contribution is 14.0. The third-order valence-electron chi connectivity index (χ3n) is 4.32. The van der Waals surface area contributed by atoms with E-state index in [9.17, 15) is 13.6 Å². The number of hydrogen-bond donors (Lipinski definition) is 3. The van der Waals surface area contributed by atoms with Crippen molar-refractivity contribution in [2.45, 2.75) is 45.3 Å². The van der Waals surface area contributed by atoms with Crippen LogP contribution in [-0.2, 0) is 4.74 Å². The summed E-state index contributed by atoms with van der Waals surface area (Å²) in [5.41, 5.74) is -0.104. The van der Waals surface area contributed by atoms with E-state index in [0.717, 1.165) is 12.5 Å². The molecular weight excluding hydrogens is 507 g/mol. The number of alkyl carbamates (subject to hydrolysis) is 1. The molecule has 1 saturated heterocycles. The van der Waals surface area contributed by atoms with E-state index in [0.29, 0.717) is 44.2 Å². The number of nitrogens with one attached hydrogen (secondary N) is 3. The van der Waals surface area contributed by atoms with Crippen molar-refractivity contribution in [3.8, 4) is 0 Å². The van der Waals surface area contributed by atoms with Gasteiger partial charge in [-0.2, -0.15) is 0 Å². The lowest BCUT2D eigenvalue weighted by atomic mass is 10.2. The number of halogens is 3. The highest BCUT2D eigenvalue weighted by Crippen LogP contribution is 2.24. The van der Waals surface area contributed by atoms with Gasteiger partial charge < -0.3 is 25.6 Å². The molecular formula is C20H32F2IN5O2. The lowest BCUT2D eigenvalue weighted by molar-refractivity contribution is 0.0527. The van der Waals surface area contributed by atoms with Crippen LogP contribution in [0.4, 0.5) is 19.3 Å². The molecule has 1 aromatic rings. The van der Waals surface area contributed by atoms with Crippen LogP contribution in [0.25, 0.3) is 0 Å². The molecule has 3 N–H and O–H groups in total. The third kappa shape index (κ3) is 8.88. The number of amides is 1. The van der Waals surface area contributed by atoms with Crippen molar-refractivity contribution in [3.05, 3.63) is 29.8 Å². The summed E-state index contributed by atoms with van der Waals surface area (Å²) in [5.74, 6) is -0.481. The fourth-order valence-corrected chi connectivity index (χ4v) is 3.02. The Hall–Kier alpha value is -1.85. The number of carbonyl (C=O) groups excluding carboxylic acids is 1. The van der Waals surface area contributed by atoms with Crippen LogP contribution in [0.5, 0.6) is 0 Å². The molecule has 0 aliphatic carbocycles. The molecule has 7 nitrogen and oxygen atoms in total. The van der Waals surface area contributed by atoms with Crippen molar-refractivity contribution in [1.82, 2.24) is 16.0 Å². The van der Waals surface area contributed by atoms with Crippen LogP contribution in [0, 0.1) is 11.6 Å². The molecule has 1 aliphatic heterocycles. The Kier molecular flexibility index (Phi) is 10.6. The normalized spacial score (nSPS) is 16.7. The average Bonchev–Trinajstić information content (AvgIpc) is 3.07. The number of benzene rings is 1. The molecule has 1 amide bonds. The predicted molar refractivity (Wildman–Crippen MR) is 126 cm³/mol. The molecule has 10 heteroatoms. The van der Waals surface area contributed by atoms with Crippen molar-refractivity contribution < 1.29 is 18.3 Å². The second-order valence-corrected chi connectivity index (χ2v) is 7.95. The van der Waals surface area contributed by atoms with Gasteiger partial charge in [0.15, 0.2) is 5.96 Å². The van der Waals surface area contributed by atoms with Gasteiger partial charge in [-0.15, -0.1) is 24.0 Å². The fraction of sp³-hybridized carbons (Fsp3) is 0.600. The Morgan fingerprint density at radius 1 is 1.27 bits per heavy atom. The van der Waals surface area contributed by atoms with Crippen LogP contribution in [0.2, 0.25) is 0 Å². The van der Waals surface area contributed by atoms with E-state index >= 15 is 0 Å². The van der Waals surface area contributed by atoms with Crippen molar-refractivity contribution >= 4 is 41.7 Å². The van der Waals surface area contributed by atoms with E-state index in [1.165, 1.54) is 12.1 Å². The lowest BCUT2D eigenvalue weighted by Crippen LogP contribution is -2.45. The Morgan fingerprint density at radius 2 is 1.97 bits per heavy atom. The molecule has 170 valence electrons. The van der Waals surface area contributed by atoms with Crippen LogP contribution in [0.1, 0.15) is 33.6 Å². The molecule has 1 fully saturated rings. The van der Waals surface area contributed by atoms with Gasteiger partial charge in [0.2, 0.25) is 0 Å². The number of anilines is 1. The first-order valence-electron chi connectivity index (χ1n) is 9.82. The molecule has 30 heavy (non-hydrogen) atoms. The van der Waals surface area contributed by atoms with Crippen LogP contribution in [-0.4, -0.2) is 56.9 Å². The molecule has 0 bridgehead atoms. The molecule has 2 rings (SSSR count). The van der Waals surface area contributed by atoms with E-state index < -0.39 is 23.3 Å². The quantitative estimate of drug-likeness (QED) is 0.224. The number of carbonyl (C=O) groups is 1. The zero-order valence-electron chi connectivity index (χ0n) is 17.9. The van der Waals surface area contributed by atoms with Crippen molar-refractivity contribution in [3.63, 3.8) is 0 Å². The first-order chi connectivity index (χ1) is 13.7. The maximum Gasteiger partial charge on any atom is 0.407 e. The van der Waals surface area contributed by atoms with Gasteiger partial charge in [0.25, 0.3) is 0 Å². The van der Waals surface area contributed by atoms with E-state index in [-0.39, 0.29) is 30.0 Å². The Morgan fingerprint density at radius 3 is 2.60 bits per heavy atom. The number of ether oxygens (including phenoxy) is 1. The summed E-state index contributed by atoms with van der Waals surface area (Å²) >= 11 is 0. The molecule has 0 radical (unpaired) electrons. The minimum Gasteiger partial charge on any atom is -0.444 e. The Labute approximate surface area is 194 Å². The second kappa shape index (κ2) is 12.1. The number of aliphatic imine (C=N–C) groups is 1. The highest BCUT2D eigenvalue weighted by Gasteiger charge is 2.25. The molecule has 0 aromatic heterocycles. The molecule has 1 unspecified atom stereocenters. The topological polar surface area (TPSA) is 78.0 Å². The summed E-state index contributed by atoms with van der Waals surface area (Å²) in [6.07, 6.45) is 1.09. The molecule has 0 spiro atoms. The fourth-order valence-electron chi connectivity index (χ4n) is 3.02. The Bertz CT molecular complexity index is 728. The summed E-state index contributed by atoms with van der Waals surface area (Å²) in [6.45, 7) is 7.84. The first kappa shape index (κ1) is 26.2. The average molecular weight is 539 g/mol. The van der Waals surface area contributed by atoms with Gasteiger partial charge in [-0.3, -0.25) is 4.99 Å². The predicted octanol–water partition coefficient (Wildman–Crippen LogP) is 3.24. The summed E-state index contributed by atoms with van der Waals surface area (Å²) in [7, 11) is 1.68. The van der Waals surface area contributed by atoms with Crippen LogP contribution in [0.15, 0.2) is 23.2 Å². The molecule has 1 aromatic carbocycles. The second-order valence-electron chi connectivity index (χ2n) is 7.95. The minimum atomic E-state index is -0.578. The van der Waals surface area contributed by atoms with E-state index in [1.807, 2.05) is 25.7 Å².